The van der Waals surface area contributed by atoms with Crippen molar-refractivity contribution >= 4 is 17.5 Å². The molecule has 2 nitrogen and oxygen atoms in total. The molecule has 0 unspecified atom stereocenters. The molecule has 1 aromatic rings. The number of carbonyl (C=O) groups is 1. The first kappa shape index (κ1) is 11.9. The van der Waals surface area contributed by atoms with Crippen LogP contribution in [0.25, 0.3) is 6.08 Å². The lowest BCUT2D eigenvalue weighted by molar-refractivity contribution is -0.119. The largest absolute Gasteiger partial charge is 0.399 e. The summed E-state index contributed by atoms with van der Waals surface area (Å²) in [4.78, 5) is 11.9. The van der Waals surface area contributed by atoms with Crippen molar-refractivity contribution in [2.45, 2.75) is 32.1 Å². The molecule has 0 spiro atoms. The van der Waals surface area contributed by atoms with Crippen molar-refractivity contribution in [3.8, 4) is 0 Å². The van der Waals surface area contributed by atoms with Crippen molar-refractivity contribution < 1.29 is 4.79 Å². The number of ketones is 1. The third-order valence-electron chi connectivity index (χ3n) is 3.38. The Balaban J connectivity index is 1.95. The Kier molecular flexibility index (Phi) is 3.97. The second kappa shape index (κ2) is 5.67. The first-order chi connectivity index (χ1) is 8.25. The summed E-state index contributed by atoms with van der Waals surface area (Å²) < 4.78 is 0. The van der Waals surface area contributed by atoms with Crippen molar-refractivity contribution in [3.05, 3.63) is 35.9 Å². The number of hydrogen-bond acceptors (Lipinski definition) is 2. The molecule has 1 saturated carbocycles. The topological polar surface area (TPSA) is 43.1 Å². The highest BCUT2D eigenvalue weighted by atomic mass is 16.1. The molecule has 0 atom stereocenters. The van der Waals surface area contributed by atoms with Gasteiger partial charge < -0.3 is 5.73 Å². The minimum atomic E-state index is 0.258. The number of benzene rings is 1. The molecule has 2 N–H and O–H groups in total. The molecule has 0 aromatic heterocycles. The van der Waals surface area contributed by atoms with Crippen LogP contribution >= 0.6 is 0 Å². The average Bonchev–Trinajstić information content (AvgIpc) is 2.39. The quantitative estimate of drug-likeness (QED) is 0.637. The van der Waals surface area contributed by atoms with E-state index in [2.05, 4.69) is 0 Å². The van der Waals surface area contributed by atoms with Crippen LogP contribution in [0.15, 0.2) is 30.3 Å². The number of carbonyl (C=O) groups excluding carboxylic acids is 1. The maximum absolute atomic E-state index is 11.9. The molecule has 1 aliphatic carbocycles. The monoisotopic (exact) mass is 229 g/mol. The normalized spacial score (nSPS) is 17.4. The van der Waals surface area contributed by atoms with Crippen LogP contribution in [-0.2, 0) is 4.79 Å². The van der Waals surface area contributed by atoms with Gasteiger partial charge in [-0.3, -0.25) is 4.79 Å². The van der Waals surface area contributed by atoms with Crippen LogP contribution in [0.4, 0.5) is 5.69 Å². The lowest BCUT2D eigenvalue weighted by atomic mass is 9.86. The Morgan fingerprint density at radius 3 is 2.41 bits per heavy atom. The number of anilines is 1. The lowest BCUT2D eigenvalue weighted by Crippen LogP contribution is -2.15. The summed E-state index contributed by atoms with van der Waals surface area (Å²) in [5.74, 6) is 0.537. The zero-order valence-electron chi connectivity index (χ0n) is 10.1. The summed E-state index contributed by atoms with van der Waals surface area (Å²) in [7, 11) is 0. The maximum atomic E-state index is 11.9. The summed E-state index contributed by atoms with van der Waals surface area (Å²) in [5, 5.41) is 0. The Morgan fingerprint density at radius 1 is 1.12 bits per heavy atom. The van der Waals surface area contributed by atoms with Gasteiger partial charge in [0.05, 0.1) is 0 Å². The fourth-order valence-corrected chi connectivity index (χ4v) is 2.31. The third kappa shape index (κ3) is 3.45. The lowest BCUT2D eigenvalue weighted by Gasteiger charge is -2.18. The van der Waals surface area contributed by atoms with Gasteiger partial charge in [-0.05, 0) is 36.6 Å². The molecule has 0 bridgehead atoms. The van der Waals surface area contributed by atoms with E-state index in [0.29, 0.717) is 0 Å². The van der Waals surface area contributed by atoms with Gasteiger partial charge in [-0.2, -0.15) is 0 Å². The molecule has 1 fully saturated rings. The second-order valence-electron chi connectivity index (χ2n) is 4.74. The fraction of sp³-hybridized carbons (Fsp3) is 0.400. The van der Waals surface area contributed by atoms with Crippen molar-refractivity contribution in [1.29, 1.82) is 0 Å². The predicted molar refractivity (Wildman–Crippen MR) is 71.5 cm³/mol. The van der Waals surface area contributed by atoms with Crippen molar-refractivity contribution in [3.63, 3.8) is 0 Å². The van der Waals surface area contributed by atoms with Crippen LogP contribution in [0, 0.1) is 5.92 Å². The molecule has 0 radical (unpaired) electrons. The van der Waals surface area contributed by atoms with Gasteiger partial charge in [0.2, 0.25) is 0 Å². The van der Waals surface area contributed by atoms with Gasteiger partial charge in [0.15, 0.2) is 5.78 Å². The molecule has 1 aromatic carbocycles. The van der Waals surface area contributed by atoms with E-state index in [-0.39, 0.29) is 11.7 Å². The Hall–Kier alpha value is -1.57. The van der Waals surface area contributed by atoms with Crippen molar-refractivity contribution in [2.75, 3.05) is 5.73 Å². The second-order valence-corrected chi connectivity index (χ2v) is 4.74. The summed E-state index contributed by atoms with van der Waals surface area (Å²) >= 11 is 0. The molecule has 90 valence electrons. The standard InChI is InChI=1S/C15H19NO/c16-14-9-6-12(7-10-14)8-11-15(17)13-4-2-1-3-5-13/h6-11,13H,1-5,16H2/b11-8+. The number of allylic oxidation sites excluding steroid dienone is 1. The first-order valence-corrected chi connectivity index (χ1v) is 6.33. The highest BCUT2D eigenvalue weighted by molar-refractivity contribution is 5.95. The van der Waals surface area contributed by atoms with E-state index >= 15 is 0 Å². The molecule has 2 heteroatoms. The Bertz CT molecular complexity index is 399. The molecule has 0 aliphatic heterocycles. The first-order valence-electron chi connectivity index (χ1n) is 6.33. The Labute approximate surface area is 103 Å². The molecule has 1 aliphatic rings. The van der Waals surface area contributed by atoms with E-state index < -0.39 is 0 Å². The van der Waals surface area contributed by atoms with E-state index in [1.807, 2.05) is 30.3 Å². The molecule has 0 heterocycles. The highest BCUT2D eigenvalue weighted by Gasteiger charge is 2.18. The van der Waals surface area contributed by atoms with E-state index in [1.165, 1.54) is 19.3 Å². The molecule has 0 saturated heterocycles. The minimum Gasteiger partial charge on any atom is -0.399 e. The number of nitrogen functional groups attached to an aromatic ring is 1. The van der Waals surface area contributed by atoms with Crippen LogP contribution < -0.4 is 5.73 Å². The predicted octanol–water partition coefficient (Wildman–Crippen LogP) is 3.43. The molecular formula is C15H19NO. The van der Waals surface area contributed by atoms with Crippen LogP contribution in [0.3, 0.4) is 0 Å². The van der Waals surface area contributed by atoms with E-state index in [1.54, 1.807) is 6.08 Å². The Morgan fingerprint density at radius 2 is 1.76 bits per heavy atom. The van der Waals surface area contributed by atoms with Gasteiger partial charge in [0, 0.05) is 11.6 Å². The summed E-state index contributed by atoms with van der Waals surface area (Å²) in [5.41, 5.74) is 7.39. The summed E-state index contributed by atoms with van der Waals surface area (Å²) in [6, 6.07) is 7.56. The van der Waals surface area contributed by atoms with Gasteiger partial charge in [-0.15, -0.1) is 0 Å². The van der Waals surface area contributed by atoms with Crippen LogP contribution in [0.5, 0.6) is 0 Å². The SMILES string of the molecule is Nc1ccc(/C=C/C(=O)C2CCCCC2)cc1. The third-order valence-corrected chi connectivity index (χ3v) is 3.38. The van der Waals surface area contributed by atoms with Gasteiger partial charge in [0.25, 0.3) is 0 Å². The van der Waals surface area contributed by atoms with Crippen LogP contribution in [-0.4, -0.2) is 5.78 Å². The summed E-state index contributed by atoms with van der Waals surface area (Å²) in [6.45, 7) is 0. The molecule has 17 heavy (non-hydrogen) atoms. The molecule has 2 rings (SSSR count). The van der Waals surface area contributed by atoms with Gasteiger partial charge in [0.1, 0.15) is 0 Å². The van der Waals surface area contributed by atoms with E-state index in [0.717, 1.165) is 24.1 Å². The minimum absolute atomic E-state index is 0.258. The highest BCUT2D eigenvalue weighted by Crippen LogP contribution is 2.24. The number of nitrogens with two attached hydrogens (primary N) is 1. The van der Waals surface area contributed by atoms with Crippen molar-refractivity contribution in [1.82, 2.24) is 0 Å². The zero-order valence-corrected chi connectivity index (χ0v) is 10.1. The van der Waals surface area contributed by atoms with Gasteiger partial charge in [-0.1, -0.05) is 37.5 Å². The summed E-state index contributed by atoms with van der Waals surface area (Å²) in [6.07, 6.45) is 9.41. The van der Waals surface area contributed by atoms with E-state index in [4.69, 9.17) is 5.73 Å². The number of rotatable bonds is 3. The molecule has 0 amide bonds. The number of hydrogen-bond donors (Lipinski definition) is 1. The van der Waals surface area contributed by atoms with Gasteiger partial charge >= 0.3 is 0 Å². The smallest absolute Gasteiger partial charge is 0.158 e. The van der Waals surface area contributed by atoms with Crippen molar-refractivity contribution in [2.24, 2.45) is 5.92 Å². The zero-order chi connectivity index (χ0) is 12.1. The van der Waals surface area contributed by atoms with E-state index in [9.17, 15) is 4.79 Å². The van der Waals surface area contributed by atoms with Gasteiger partial charge in [-0.25, -0.2) is 0 Å². The maximum Gasteiger partial charge on any atom is 0.158 e. The average molecular weight is 229 g/mol. The molecular weight excluding hydrogens is 210 g/mol. The van der Waals surface area contributed by atoms with Crippen LogP contribution in [0.2, 0.25) is 0 Å². The fourth-order valence-electron chi connectivity index (χ4n) is 2.31. The van der Waals surface area contributed by atoms with Crippen LogP contribution in [0.1, 0.15) is 37.7 Å².